The van der Waals surface area contributed by atoms with Crippen molar-refractivity contribution in [3.8, 4) is 5.75 Å². The van der Waals surface area contributed by atoms with E-state index in [-0.39, 0.29) is 11.6 Å². The fraction of sp³-hybridized carbons (Fsp3) is 0.231. The molecule has 0 saturated carbocycles. The molecule has 0 spiro atoms. The average molecular weight is 290 g/mol. The summed E-state index contributed by atoms with van der Waals surface area (Å²) < 4.78 is 6.37. The summed E-state index contributed by atoms with van der Waals surface area (Å²) in [6, 6.07) is 6.72. The summed E-state index contributed by atoms with van der Waals surface area (Å²) in [7, 11) is 1.55. The van der Waals surface area contributed by atoms with Gasteiger partial charge in [-0.2, -0.15) is 0 Å². The SMILES string of the molecule is COc1ccc(C(=O)NCCn2cc(C(=O)O)nn2)cc1. The summed E-state index contributed by atoms with van der Waals surface area (Å²) in [6.45, 7) is 0.648. The number of aromatic nitrogens is 3. The zero-order chi connectivity index (χ0) is 15.2. The molecule has 0 aliphatic heterocycles. The third-order valence-corrected chi connectivity index (χ3v) is 2.74. The number of amides is 1. The van der Waals surface area contributed by atoms with Crippen LogP contribution in [-0.2, 0) is 6.54 Å². The first-order valence-corrected chi connectivity index (χ1v) is 6.16. The first-order chi connectivity index (χ1) is 10.1. The second-order valence-corrected chi connectivity index (χ2v) is 4.16. The predicted molar refractivity (Wildman–Crippen MR) is 72.3 cm³/mol. The van der Waals surface area contributed by atoms with E-state index in [0.717, 1.165) is 0 Å². The molecule has 0 aliphatic carbocycles. The summed E-state index contributed by atoms with van der Waals surface area (Å²) in [6.07, 6.45) is 1.31. The van der Waals surface area contributed by atoms with E-state index < -0.39 is 5.97 Å². The molecule has 0 radical (unpaired) electrons. The highest BCUT2D eigenvalue weighted by molar-refractivity contribution is 5.94. The number of methoxy groups -OCH3 is 1. The standard InChI is InChI=1S/C13H14N4O4/c1-21-10-4-2-9(3-5-10)12(18)14-6-7-17-8-11(13(19)20)15-16-17/h2-5,8H,6-7H2,1H3,(H,14,18)(H,19,20). The Balaban J connectivity index is 1.84. The Morgan fingerprint density at radius 3 is 2.62 bits per heavy atom. The highest BCUT2D eigenvalue weighted by atomic mass is 16.5. The van der Waals surface area contributed by atoms with E-state index in [9.17, 15) is 9.59 Å². The van der Waals surface area contributed by atoms with E-state index in [1.54, 1.807) is 31.4 Å². The molecule has 110 valence electrons. The number of rotatable bonds is 6. The van der Waals surface area contributed by atoms with Crippen molar-refractivity contribution in [2.75, 3.05) is 13.7 Å². The molecular weight excluding hydrogens is 276 g/mol. The van der Waals surface area contributed by atoms with E-state index in [0.29, 0.717) is 24.4 Å². The van der Waals surface area contributed by atoms with Gasteiger partial charge in [0.15, 0.2) is 5.69 Å². The van der Waals surface area contributed by atoms with Gasteiger partial charge in [0.05, 0.1) is 19.9 Å². The van der Waals surface area contributed by atoms with E-state index in [1.807, 2.05) is 0 Å². The molecule has 2 N–H and O–H groups in total. The van der Waals surface area contributed by atoms with Crippen molar-refractivity contribution in [1.82, 2.24) is 20.3 Å². The smallest absolute Gasteiger partial charge is 0.358 e. The molecular formula is C13H14N4O4. The van der Waals surface area contributed by atoms with E-state index in [4.69, 9.17) is 9.84 Å². The topological polar surface area (TPSA) is 106 Å². The number of benzene rings is 1. The van der Waals surface area contributed by atoms with Crippen molar-refractivity contribution in [2.24, 2.45) is 0 Å². The van der Waals surface area contributed by atoms with E-state index >= 15 is 0 Å². The van der Waals surface area contributed by atoms with Gasteiger partial charge in [-0.3, -0.25) is 4.79 Å². The molecule has 0 aliphatic rings. The first-order valence-electron chi connectivity index (χ1n) is 6.16. The van der Waals surface area contributed by atoms with Crippen LogP contribution in [0.4, 0.5) is 0 Å². The lowest BCUT2D eigenvalue weighted by Crippen LogP contribution is -2.27. The van der Waals surface area contributed by atoms with Crippen LogP contribution >= 0.6 is 0 Å². The Hall–Kier alpha value is -2.90. The molecule has 0 atom stereocenters. The van der Waals surface area contributed by atoms with Crippen LogP contribution in [0.2, 0.25) is 0 Å². The average Bonchev–Trinajstić information content (AvgIpc) is 2.96. The maximum absolute atomic E-state index is 11.9. The molecule has 1 aromatic heterocycles. The molecule has 21 heavy (non-hydrogen) atoms. The normalized spacial score (nSPS) is 10.1. The van der Waals surface area contributed by atoms with Crippen LogP contribution in [0.5, 0.6) is 5.75 Å². The zero-order valence-corrected chi connectivity index (χ0v) is 11.3. The van der Waals surface area contributed by atoms with Crippen molar-refractivity contribution < 1.29 is 19.4 Å². The molecule has 2 aromatic rings. The molecule has 0 fully saturated rings. The van der Waals surface area contributed by atoms with Crippen molar-refractivity contribution in [3.05, 3.63) is 41.7 Å². The highest BCUT2D eigenvalue weighted by Gasteiger charge is 2.09. The minimum atomic E-state index is -1.14. The van der Waals surface area contributed by atoms with Crippen molar-refractivity contribution in [3.63, 3.8) is 0 Å². The van der Waals surface area contributed by atoms with Crippen LogP contribution < -0.4 is 10.1 Å². The van der Waals surface area contributed by atoms with Gasteiger partial charge in [-0.25, -0.2) is 9.48 Å². The van der Waals surface area contributed by atoms with Gasteiger partial charge in [-0.1, -0.05) is 5.21 Å². The van der Waals surface area contributed by atoms with Gasteiger partial charge in [0, 0.05) is 12.1 Å². The third-order valence-electron chi connectivity index (χ3n) is 2.74. The van der Waals surface area contributed by atoms with Crippen molar-refractivity contribution in [1.29, 1.82) is 0 Å². The minimum absolute atomic E-state index is 0.128. The highest BCUT2D eigenvalue weighted by Crippen LogP contribution is 2.10. The second-order valence-electron chi connectivity index (χ2n) is 4.16. The Morgan fingerprint density at radius 1 is 1.33 bits per heavy atom. The Morgan fingerprint density at radius 2 is 2.05 bits per heavy atom. The van der Waals surface area contributed by atoms with Gasteiger partial charge < -0.3 is 15.2 Å². The molecule has 2 rings (SSSR count). The van der Waals surface area contributed by atoms with Crippen LogP contribution in [0, 0.1) is 0 Å². The molecule has 8 heteroatoms. The van der Waals surface area contributed by atoms with Crippen molar-refractivity contribution >= 4 is 11.9 Å². The summed E-state index contributed by atoms with van der Waals surface area (Å²) in [4.78, 5) is 22.5. The zero-order valence-electron chi connectivity index (χ0n) is 11.3. The number of hydrogen-bond acceptors (Lipinski definition) is 5. The van der Waals surface area contributed by atoms with Gasteiger partial charge >= 0.3 is 5.97 Å². The fourth-order valence-electron chi connectivity index (χ4n) is 1.63. The monoisotopic (exact) mass is 290 g/mol. The lowest BCUT2D eigenvalue weighted by molar-refractivity contribution is 0.0690. The molecule has 1 heterocycles. The number of ether oxygens (including phenoxy) is 1. The molecule has 8 nitrogen and oxygen atoms in total. The van der Waals surface area contributed by atoms with Gasteiger partial charge in [-0.15, -0.1) is 5.10 Å². The Kier molecular flexibility index (Phi) is 4.50. The first kappa shape index (κ1) is 14.5. The maximum Gasteiger partial charge on any atom is 0.358 e. The molecule has 0 saturated heterocycles. The lowest BCUT2D eigenvalue weighted by atomic mass is 10.2. The third kappa shape index (κ3) is 3.78. The van der Waals surface area contributed by atoms with Crippen LogP contribution in [0.1, 0.15) is 20.8 Å². The Bertz CT molecular complexity index is 636. The van der Waals surface area contributed by atoms with Gasteiger partial charge in [-0.05, 0) is 24.3 Å². The van der Waals surface area contributed by atoms with Gasteiger partial charge in [0.2, 0.25) is 0 Å². The number of nitrogens with zero attached hydrogens (tertiary/aromatic N) is 3. The van der Waals surface area contributed by atoms with E-state index in [1.165, 1.54) is 10.9 Å². The number of carboxylic acid groups (broad SMARTS) is 1. The van der Waals surface area contributed by atoms with E-state index in [2.05, 4.69) is 15.6 Å². The Labute approximate surface area is 120 Å². The molecule has 1 aromatic carbocycles. The number of carbonyl (C=O) groups excluding carboxylic acids is 1. The number of carbonyl (C=O) groups is 2. The molecule has 0 bridgehead atoms. The van der Waals surface area contributed by atoms with Crippen LogP contribution in [0.25, 0.3) is 0 Å². The largest absolute Gasteiger partial charge is 0.497 e. The number of nitrogens with one attached hydrogen (secondary N) is 1. The fourth-order valence-corrected chi connectivity index (χ4v) is 1.63. The summed E-state index contributed by atoms with van der Waals surface area (Å²) in [5, 5.41) is 18.5. The number of hydrogen-bond donors (Lipinski definition) is 2. The predicted octanol–water partition coefficient (Wildman–Crippen LogP) is 0.415. The molecule has 0 unspecified atom stereocenters. The number of carboxylic acids is 1. The van der Waals surface area contributed by atoms with Crippen molar-refractivity contribution in [2.45, 2.75) is 6.54 Å². The number of aromatic carboxylic acids is 1. The van der Waals surface area contributed by atoms with Crippen LogP contribution in [0.3, 0.4) is 0 Å². The second kappa shape index (κ2) is 6.51. The van der Waals surface area contributed by atoms with Gasteiger partial charge in [0.25, 0.3) is 5.91 Å². The van der Waals surface area contributed by atoms with Crippen LogP contribution in [0.15, 0.2) is 30.5 Å². The summed E-state index contributed by atoms with van der Waals surface area (Å²) >= 11 is 0. The molecule has 1 amide bonds. The lowest BCUT2D eigenvalue weighted by Gasteiger charge is -2.05. The quantitative estimate of drug-likeness (QED) is 0.798. The maximum atomic E-state index is 11.9. The minimum Gasteiger partial charge on any atom is -0.497 e. The summed E-state index contributed by atoms with van der Waals surface area (Å²) in [5.41, 5.74) is 0.386. The summed E-state index contributed by atoms with van der Waals surface area (Å²) in [5.74, 6) is -0.685. The van der Waals surface area contributed by atoms with Crippen LogP contribution in [-0.4, -0.2) is 45.6 Å². The van der Waals surface area contributed by atoms with Gasteiger partial charge in [0.1, 0.15) is 5.75 Å².